The number of hydrogen-bond donors (Lipinski definition) is 2. The standard InChI is InChI=1S/C17H28N4O3S/c1-20(2)12-14-5-7-16(8-6-14)25(23,24)21-11-3-4-15(13-21)17(22)19-10-9-18/h5-8,15H,3-4,9-13,18H2,1-2H3,(H,19,22). The first-order valence-corrected chi connectivity index (χ1v) is 10.00. The molecule has 1 atom stereocenters. The second kappa shape index (κ2) is 8.75. The molecule has 140 valence electrons. The maximum absolute atomic E-state index is 12.9. The third-order valence-electron chi connectivity index (χ3n) is 4.26. The maximum Gasteiger partial charge on any atom is 0.243 e. The van der Waals surface area contributed by atoms with Crippen molar-refractivity contribution in [3.05, 3.63) is 29.8 Å². The Morgan fingerprint density at radius 1 is 1.32 bits per heavy atom. The fourth-order valence-electron chi connectivity index (χ4n) is 3.00. The first-order chi connectivity index (χ1) is 11.8. The molecule has 0 aliphatic carbocycles. The fourth-order valence-corrected chi connectivity index (χ4v) is 4.52. The van der Waals surface area contributed by atoms with E-state index in [0.717, 1.165) is 12.1 Å². The Morgan fingerprint density at radius 3 is 2.60 bits per heavy atom. The van der Waals surface area contributed by atoms with Crippen molar-refractivity contribution in [2.75, 3.05) is 40.3 Å². The average molecular weight is 369 g/mol. The molecule has 0 radical (unpaired) electrons. The van der Waals surface area contributed by atoms with Gasteiger partial charge in [0.15, 0.2) is 0 Å². The highest BCUT2D eigenvalue weighted by atomic mass is 32.2. The molecule has 1 aromatic rings. The van der Waals surface area contributed by atoms with E-state index in [1.54, 1.807) is 12.1 Å². The zero-order valence-corrected chi connectivity index (χ0v) is 15.8. The Bertz CT molecular complexity index is 674. The van der Waals surface area contributed by atoms with Gasteiger partial charge < -0.3 is 16.0 Å². The molecule has 8 heteroatoms. The fraction of sp³-hybridized carbons (Fsp3) is 0.588. The van der Waals surface area contributed by atoms with Crippen LogP contribution in [-0.2, 0) is 21.4 Å². The molecule has 0 bridgehead atoms. The summed E-state index contributed by atoms with van der Waals surface area (Å²) in [6, 6.07) is 6.96. The van der Waals surface area contributed by atoms with Gasteiger partial charge in [-0.1, -0.05) is 12.1 Å². The van der Waals surface area contributed by atoms with Crippen LogP contribution in [0.25, 0.3) is 0 Å². The Labute approximate surface area is 150 Å². The van der Waals surface area contributed by atoms with Gasteiger partial charge in [0, 0.05) is 32.7 Å². The Morgan fingerprint density at radius 2 is 2.00 bits per heavy atom. The van der Waals surface area contributed by atoms with E-state index in [0.29, 0.717) is 32.5 Å². The molecule has 1 aliphatic heterocycles. The molecule has 7 nitrogen and oxygen atoms in total. The molecule has 1 fully saturated rings. The van der Waals surface area contributed by atoms with E-state index in [1.165, 1.54) is 4.31 Å². The number of amides is 1. The second-order valence-electron chi connectivity index (χ2n) is 6.66. The van der Waals surface area contributed by atoms with Crippen LogP contribution in [-0.4, -0.2) is 63.8 Å². The van der Waals surface area contributed by atoms with E-state index in [-0.39, 0.29) is 23.3 Å². The third kappa shape index (κ3) is 5.24. The summed E-state index contributed by atoms with van der Waals surface area (Å²) in [6.07, 6.45) is 1.38. The second-order valence-corrected chi connectivity index (χ2v) is 8.60. The first-order valence-electron chi connectivity index (χ1n) is 8.56. The SMILES string of the molecule is CN(C)Cc1ccc(S(=O)(=O)N2CCCC(C(=O)NCCN)C2)cc1. The highest BCUT2D eigenvalue weighted by molar-refractivity contribution is 7.89. The van der Waals surface area contributed by atoms with Crippen LogP contribution in [0.2, 0.25) is 0 Å². The van der Waals surface area contributed by atoms with Gasteiger partial charge in [-0.15, -0.1) is 0 Å². The summed E-state index contributed by atoms with van der Waals surface area (Å²) in [5, 5.41) is 2.75. The molecular formula is C17H28N4O3S. The van der Waals surface area contributed by atoms with Gasteiger partial charge in [0.1, 0.15) is 0 Å². The highest BCUT2D eigenvalue weighted by Crippen LogP contribution is 2.24. The van der Waals surface area contributed by atoms with Crippen LogP contribution in [0.1, 0.15) is 18.4 Å². The average Bonchev–Trinajstić information content (AvgIpc) is 2.59. The molecule has 0 saturated carbocycles. The van der Waals surface area contributed by atoms with E-state index in [4.69, 9.17) is 5.73 Å². The molecular weight excluding hydrogens is 340 g/mol. The molecule has 1 heterocycles. The van der Waals surface area contributed by atoms with E-state index < -0.39 is 10.0 Å². The summed E-state index contributed by atoms with van der Waals surface area (Å²) in [7, 11) is 0.354. The van der Waals surface area contributed by atoms with Crippen molar-refractivity contribution in [2.24, 2.45) is 11.7 Å². The smallest absolute Gasteiger partial charge is 0.243 e. The molecule has 1 aliphatic rings. The summed E-state index contributed by atoms with van der Waals surface area (Å²) >= 11 is 0. The summed E-state index contributed by atoms with van der Waals surface area (Å²) in [5.41, 5.74) is 6.45. The van der Waals surface area contributed by atoms with Crippen LogP contribution in [0.4, 0.5) is 0 Å². The van der Waals surface area contributed by atoms with Crippen LogP contribution >= 0.6 is 0 Å². The van der Waals surface area contributed by atoms with Gasteiger partial charge in [-0.25, -0.2) is 8.42 Å². The number of nitrogens with zero attached hydrogens (tertiary/aromatic N) is 2. The molecule has 1 amide bonds. The normalized spacial score (nSPS) is 19.1. The van der Waals surface area contributed by atoms with Gasteiger partial charge >= 0.3 is 0 Å². The lowest BCUT2D eigenvalue weighted by molar-refractivity contribution is -0.126. The Hall–Kier alpha value is -1.48. The minimum atomic E-state index is -3.58. The zero-order valence-electron chi connectivity index (χ0n) is 14.9. The van der Waals surface area contributed by atoms with Gasteiger partial charge in [-0.3, -0.25) is 4.79 Å². The summed E-state index contributed by atoms with van der Waals surface area (Å²) < 4.78 is 27.2. The van der Waals surface area contributed by atoms with Gasteiger partial charge in [0.2, 0.25) is 15.9 Å². The first kappa shape index (κ1) is 19.8. The van der Waals surface area contributed by atoms with Crippen LogP contribution in [0.3, 0.4) is 0 Å². The highest BCUT2D eigenvalue weighted by Gasteiger charge is 2.33. The van der Waals surface area contributed by atoms with Crippen molar-refractivity contribution in [1.82, 2.24) is 14.5 Å². The summed E-state index contributed by atoms with van der Waals surface area (Å²) in [4.78, 5) is 14.4. The Balaban J connectivity index is 2.09. The number of hydrogen-bond acceptors (Lipinski definition) is 5. The molecule has 25 heavy (non-hydrogen) atoms. The Kier molecular flexibility index (Phi) is 6.95. The van der Waals surface area contributed by atoms with Crippen molar-refractivity contribution < 1.29 is 13.2 Å². The lowest BCUT2D eigenvalue weighted by Crippen LogP contribution is -2.46. The molecule has 3 N–H and O–H groups in total. The number of carbonyl (C=O) groups is 1. The maximum atomic E-state index is 12.9. The van der Waals surface area contributed by atoms with E-state index >= 15 is 0 Å². The van der Waals surface area contributed by atoms with E-state index in [1.807, 2.05) is 31.1 Å². The van der Waals surface area contributed by atoms with Crippen LogP contribution in [0.5, 0.6) is 0 Å². The predicted molar refractivity (Wildman–Crippen MR) is 97.4 cm³/mol. The van der Waals surface area contributed by atoms with Gasteiger partial charge in [-0.2, -0.15) is 4.31 Å². The van der Waals surface area contributed by atoms with Crippen molar-refractivity contribution >= 4 is 15.9 Å². The van der Waals surface area contributed by atoms with Crippen molar-refractivity contribution in [3.63, 3.8) is 0 Å². The van der Waals surface area contributed by atoms with Crippen LogP contribution < -0.4 is 11.1 Å². The number of nitrogens with two attached hydrogens (primary N) is 1. The molecule has 0 aromatic heterocycles. The summed E-state index contributed by atoms with van der Waals surface area (Å²) in [6.45, 7) is 2.21. The van der Waals surface area contributed by atoms with Crippen molar-refractivity contribution in [2.45, 2.75) is 24.3 Å². The van der Waals surface area contributed by atoms with E-state index in [2.05, 4.69) is 5.32 Å². The van der Waals surface area contributed by atoms with E-state index in [9.17, 15) is 13.2 Å². The molecule has 1 aromatic carbocycles. The van der Waals surface area contributed by atoms with Crippen molar-refractivity contribution in [1.29, 1.82) is 0 Å². The molecule has 0 spiro atoms. The third-order valence-corrected chi connectivity index (χ3v) is 6.14. The lowest BCUT2D eigenvalue weighted by Gasteiger charge is -2.31. The topological polar surface area (TPSA) is 95.7 Å². The van der Waals surface area contributed by atoms with Crippen molar-refractivity contribution in [3.8, 4) is 0 Å². The molecule has 1 saturated heterocycles. The summed E-state index contributed by atoms with van der Waals surface area (Å²) in [5.74, 6) is -0.435. The minimum Gasteiger partial charge on any atom is -0.355 e. The quantitative estimate of drug-likeness (QED) is 0.718. The number of sulfonamides is 1. The lowest BCUT2D eigenvalue weighted by atomic mass is 9.99. The molecule has 2 rings (SSSR count). The predicted octanol–water partition coefficient (Wildman–Crippen LogP) is 0.224. The number of carbonyl (C=O) groups excluding carboxylic acids is 1. The minimum absolute atomic E-state index is 0.119. The zero-order chi connectivity index (χ0) is 18.4. The van der Waals surface area contributed by atoms with Gasteiger partial charge in [0.05, 0.1) is 10.8 Å². The van der Waals surface area contributed by atoms with Gasteiger partial charge in [-0.05, 0) is 44.6 Å². The number of rotatable bonds is 7. The van der Waals surface area contributed by atoms with Crippen LogP contribution in [0, 0.1) is 5.92 Å². The largest absolute Gasteiger partial charge is 0.355 e. The number of piperidine rings is 1. The van der Waals surface area contributed by atoms with Gasteiger partial charge in [0.25, 0.3) is 0 Å². The van der Waals surface area contributed by atoms with Crippen LogP contribution in [0.15, 0.2) is 29.2 Å². The number of nitrogens with one attached hydrogen (secondary N) is 1. The monoisotopic (exact) mass is 368 g/mol. The molecule has 1 unspecified atom stereocenters. The number of benzene rings is 1.